The van der Waals surface area contributed by atoms with Crippen LogP contribution in [0.4, 0.5) is 14.6 Å². The molecule has 2 aliphatic heterocycles. The van der Waals surface area contributed by atoms with E-state index in [0.29, 0.717) is 35.4 Å². The van der Waals surface area contributed by atoms with E-state index in [4.69, 9.17) is 4.98 Å². The topological polar surface area (TPSA) is 102 Å². The fraction of sp³-hybridized carbons (Fsp3) is 0.294. The highest BCUT2D eigenvalue weighted by atomic mass is 19.1. The van der Waals surface area contributed by atoms with Gasteiger partial charge in [-0.25, -0.2) is 27.8 Å². The first-order chi connectivity index (χ1) is 22.1. The van der Waals surface area contributed by atoms with Crippen molar-refractivity contribution >= 4 is 22.8 Å². The summed E-state index contributed by atoms with van der Waals surface area (Å²) in [5.41, 5.74) is 2.04. The number of fused-ring (bicyclic) bond motifs is 8. The van der Waals surface area contributed by atoms with Gasteiger partial charge in [-0.3, -0.25) is 4.79 Å². The number of piperazine rings is 1. The number of halogens is 2. The van der Waals surface area contributed by atoms with Gasteiger partial charge in [-0.2, -0.15) is 4.98 Å². The number of anilines is 1. The van der Waals surface area contributed by atoms with Crippen LogP contribution in [0.2, 0.25) is 0 Å². The van der Waals surface area contributed by atoms with E-state index in [1.807, 2.05) is 50.8 Å². The smallest absolute Gasteiger partial charge is 0.349 e. The average molecular weight is 623 g/mol. The van der Waals surface area contributed by atoms with Crippen molar-refractivity contribution in [2.24, 2.45) is 0 Å². The Morgan fingerprint density at radius 1 is 1.04 bits per heavy atom. The molecule has 0 N–H and O–H groups in total. The molecule has 10 nitrogen and oxygen atoms in total. The first-order valence-corrected chi connectivity index (χ1v) is 15.2. The van der Waals surface area contributed by atoms with Crippen LogP contribution in [0.5, 0.6) is 0 Å². The summed E-state index contributed by atoms with van der Waals surface area (Å²) in [7, 11) is 0. The second-order valence-corrected chi connectivity index (χ2v) is 12.3. The number of benzene rings is 2. The van der Waals surface area contributed by atoms with Gasteiger partial charge in [0.25, 0.3) is 0 Å². The van der Waals surface area contributed by atoms with Crippen LogP contribution in [0.25, 0.3) is 39.2 Å². The molecule has 5 heterocycles. The second kappa shape index (κ2) is 11.0. The van der Waals surface area contributed by atoms with E-state index >= 15 is 8.78 Å². The fourth-order valence-electron chi connectivity index (χ4n) is 6.68. The number of pyridine rings is 1. The van der Waals surface area contributed by atoms with Crippen LogP contribution in [-0.2, 0) is 11.3 Å². The van der Waals surface area contributed by atoms with Gasteiger partial charge in [0.05, 0.1) is 23.8 Å². The summed E-state index contributed by atoms with van der Waals surface area (Å²) >= 11 is 0. The molecule has 4 bridgehead atoms. The molecule has 0 unspecified atom stereocenters. The summed E-state index contributed by atoms with van der Waals surface area (Å²) < 4.78 is 35.1. The molecule has 7 rings (SSSR count). The minimum atomic E-state index is -0.782. The van der Waals surface area contributed by atoms with E-state index in [2.05, 4.69) is 21.9 Å². The molecule has 2 atom stereocenters. The van der Waals surface area contributed by atoms with E-state index in [0.717, 1.165) is 11.1 Å². The van der Waals surface area contributed by atoms with Crippen molar-refractivity contribution in [3.63, 3.8) is 0 Å². The number of carbonyl (C=O) groups is 1. The lowest BCUT2D eigenvalue weighted by Gasteiger charge is -2.44. The van der Waals surface area contributed by atoms with E-state index in [9.17, 15) is 9.59 Å². The molecule has 1 fully saturated rings. The number of carbonyl (C=O) groups excluding carboxylic acids is 1. The maximum atomic E-state index is 16.4. The predicted molar refractivity (Wildman–Crippen MR) is 171 cm³/mol. The van der Waals surface area contributed by atoms with Gasteiger partial charge in [0.1, 0.15) is 23.0 Å². The van der Waals surface area contributed by atoms with Gasteiger partial charge in [-0.1, -0.05) is 56.0 Å². The van der Waals surface area contributed by atoms with Crippen LogP contribution < -0.4 is 10.6 Å². The van der Waals surface area contributed by atoms with Gasteiger partial charge >= 0.3 is 5.69 Å². The molecule has 5 aromatic rings. The van der Waals surface area contributed by atoms with Crippen LogP contribution in [0.1, 0.15) is 44.7 Å². The van der Waals surface area contributed by atoms with Gasteiger partial charge in [0.2, 0.25) is 5.91 Å². The van der Waals surface area contributed by atoms with Crippen molar-refractivity contribution in [3.8, 4) is 28.2 Å². The molecular formula is C34H32F2N8O2. The zero-order valence-electron chi connectivity index (χ0n) is 25.9. The lowest BCUT2D eigenvalue weighted by atomic mass is 9.96. The third-order valence-electron chi connectivity index (χ3n) is 8.91. The molecule has 12 heteroatoms. The van der Waals surface area contributed by atoms with Crippen LogP contribution in [0.3, 0.4) is 0 Å². The fourth-order valence-corrected chi connectivity index (χ4v) is 6.68. The van der Waals surface area contributed by atoms with Gasteiger partial charge in [0.15, 0.2) is 11.5 Å². The summed E-state index contributed by atoms with van der Waals surface area (Å²) in [6.45, 7) is 12.4. The molecule has 46 heavy (non-hydrogen) atoms. The Kier molecular flexibility index (Phi) is 7.02. The van der Waals surface area contributed by atoms with Crippen molar-refractivity contribution in [2.45, 2.75) is 52.2 Å². The Morgan fingerprint density at radius 2 is 1.83 bits per heavy atom. The molecule has 0 saturated carbocycles. The minimum absolute atomic E-state index is 0.00905. The van der Waals surface area contributed by atoms with Crippen LogP contribution >= 0.6 is 0 Å². The summed E-state index contributed by atoms with van der Waals surface area (Å²) in [5, 5.41) is 8.88. The molecule has 3 aromatic heterocycles. The standard InChI is InChI=1S/C34H32F2N8O2/c1-6-28(45)42-14-20(5)43(15-19(42)4)32-24-13-26(36)30-29-23(11-8-12-25(29)35)27-17-41(40-39-27)16-21-9-7-10-22(18(2)3)31(21)44(33(24)37-30)34(46)38-32/h6-13,17-20H,1,14-16H2,2-5H3/t19-,20+/m1/s1. The molecule has 2 aliphatic rings. The minimum Gasteiger partial charge on any atom is -0.349 e. The van der Waals surface area contributed by atoms with E-state index in [1.165, 1.54) is 28.8 Å². The molecular weight excluding hydrogens is 590 g/mol. The summed E-state index contributed by atoms with van der Waals surface area (Å²) in [4.78, 5) is 39.9. The van der Waals surface area contributed by atoms with Crippen LogP contribution in [0, 0.1) is 11.6 Å². The third-order valence-corrected chi connectivity index (χ3v) is 8.91. The zero-order chi connectivity index (χ0) is 32.4. The Balaban J connectivity index is 1.58. The van der Waals surface area contributed by atoms with Gasteiger partial charge in [0, 0.05) is 36.3 Å². The molecule has 1 amide bonds. The maximum absolute atomic E-state index is 16.4. The van der Waals surface area contributed by atoms with Crippen LogP contribution in [-0.4, -0.2) is 65.5 Å². The van der Waals surface area contributed by atoms with Gasteiger partial charge in [-0.05, 0) is 49.1 Å². The van der Waals surface area contributed by atoms with Gasteiger partial charge < -0.3 is 9.80 Å². The van der Waals surface area contributed by atoms with Gasteiger partial charge in [-0.15, -0.1) is 5.10 Å². The molecule has 2 aromatic carbocycles. The number of aromatic nitrogens is 6. The molecule has 0 aliphatic carbocycles. The molecule has 234 valence electrons. The lowest BCUT2D eigenvalue weighted by Crippen LogP contribution is -2.58. The molecule has 0 radical (unpaired) electrons. The van der Waals surface area contributed by atoms with Crippen molar-refractivity contribution in [2.75, 3.05) is 18.0 Å². The maximum Gasteiger partial charge on any atom is 0.355 e. The highest BCUT2D eigenvalue weighted by molar-refractivity contribution is 5.93. The average Bonchev–Trinajstić information content (AvgIpc) is 3.49. The normalized spacial score (nSPS) is 17.5. The quantitative estimate of drug-likeness (QED) is 0.254. The highest BCUT2D eigenvalue weighted by Gasteiger charge is 2.34. The van der Waals surface area contributed by atoms with Crippen molar-refractivity contribution < 1.29 is 13.6 Å². The molecule has 0 spiro atoms. The Morgan fingerprint density at radius 3 is 2.59 bits per heavy atom. The number of para-hydroxylation sites is 1. The number of amides is 1. The molecule has 1 saturated heterocycles. The lowest BCUT2D eigenvalue weighted by molar-refractivity contribution is -0.128. The number of hydrogen-bond acceptors (Lipinski definition) is 7. The first kappa shape index (κ1) is 29.5. The Bertz CT molecular complexity index is 2120. The van der Waals surface area contributed by atoms with Crippen molar-refractivity contribution in [1.82, 2.24) is 34.4 Å². The zero-order valence-corrected chi connectivity index (χ0v) is 25.9. The first-order valence-electron chi connectivity index (χ1n) is 15.2. The number of rotatable bonds is 3. The Hall–Kier alpha value is -5.26. The van der Waals surface area contributed by atoms with Crippen molar-refractivity contribution in [1.29, 1.82) is 0 Å². The SMILES string of the molecule is C=CC(=O)N1C[C@H](C)N(c2nc(=O)n3c4nc(c(F)cc24)-c2c(F)cccc2-c2cn(nn2)Cc2cccc(C(C)C)c2-3)C[C@H]1C. The monoisotopic (exact) mass is 622 g/mol. The van der Waals surface area contributed by atoms with Crippen LogP contribution in [0.15, 0.2) is 66.1 Å². The summed E-state index contributed by atoms with van der Waals surface area (Å²) in [6.07, 6.45) is 2.95. The number of hydrogen-bond donors (Lipinski definition) is 0. The highest BCUT2D eigenvalue weighted by Crippen LogP contribution is 2.38. The Labute approximate surface area is 263 Å². The number of nitrogens with zero attached hydrogens (tertiary/aromatic N) is 8. The van der Waals surface area contributed by atoms with E-state index in [-0.39, 0.29) is 53.2 Å². The summed E-state index contributed by atoms with van der Waals surface area (Å²) in [5.74, 6) is -1.42. The predicted octanol–water partition coefficient (Wildman–Crippen LogP) is 5.08. The van der Waals surface area contributed by atoms with E-state index < -0.39 is 17.3 Å². The van der Waals surface area contributed by atoms with Crippen molar-refractivity contribution in [3.05, 3.63) is 94.6 Å². The summed E-state index contributed by atoms with van der Waals surface area (Å²) in [6, 6.07) is 10.9. The van der Waals surface area contributed by atoms with E-state index in [1.54, 1.807) is 21.8 Å². The third kappa shape index (κ3) is 4.58. The largest absolute Gasteiger partial charge is 0.355 e. The second-order valence-electron chi connectivity index (χ2n) is 12.3.